The largest absolute Gasteiger partial charge is 0.388 e. The lowest BCUT2D eigenvalue weighted by atomic mass is 9.53. The van der Waals surface area contributed by atoms with Gasteiger partial charge in [-0.3, -0.25) is 4.98 Å². The number of ether oxygens (including phenoxy) is 1. The molecule has 3 heterocycles. The molecule has 2 N–H and O–H groups in total. The van der Waals surface area contributed by atoms with E-state index in [1.807, 2.05) is 32.0 Å². The van der Waals surface area contributed by atoms with Crippen molar-refractivity contribution in [2.24, 2.45) is 11.3 Å². The molecule has 1 saturated heterocycles. The fraction of sp³-hybridized carbons (Fsp3) is 0.621. The van der Waals surface area contributed by atoms with Gasteiger partial charge < -0.3 is 19.8 Å². The minimum absolute atomic E-state index is 0.0300. The standard InChI is InChI=1S/C29H37FN2O3/c1-18-19(6-5-15-31-18)7-8-20-9-10-23-26(20,2)11-13-28(30)16-21-24(33)25(34)22(32(3)4)17-27(21)12-14-29(23,28)35-27/h5-9,15-16,22-25,33-34H,10-14,17H2,1-4H3/b8-7+/t22-,23?,24+,25+,26+,27+,28?,29-/m0/s1. The highest BCUT2D eigenvalue weighted by Crippen LogP contribution is 2.70. The van der Waals surface area contributed by atoms with E-state index in [1.165, 1.54) is 5.57 Å². The van der Waals surface area contributed by atoms with E-state index in [0.29, 0.717) is 31.3 Å². The molecule has 1 aromatic rings. The van der Waals surface area contributed by atoms with Gasteiger partial charge in [-0.15, -0.1) is 0 Å². The zero-order chi connectivity index (χ0) is 24.8. The summed E-state index contributed by atoms with van der Waals surface area (Å²) in [7, 11) is 3.83. The normalized spacial score (nSPS) is 46.3. The Morgan fingerprint density at radius 1 is 1.17 bits per heavy atom. The summed E-state index contributed by atoms with van der Waals surface area (Å²) in [4.78, 5) is 6.35. The van der Waals surface area contributed by atoms with Crippen LogP contribution in [0.1, 0.15) is 56.7 Å². The first-order valence-corrected chi connectivity index (χ1v) is 13.0. The van der Waals surface area contributed by atoms with Crippen molar-refractivity contribution in [2.75, 3.05) is 14.1 Å². The van der Waals surface area contributed by atoms with Gasteiger partial charge in [-0.25, -0.2) is 4.39 Å². The number of aromatic nitrogens is 1. The van der Waals surface area contributed by atoms with Gasteiger partial charge in [0.1, 0.15) is 11.7 Å². The lowest BCUT2D eigenvalue weighted by Crippen LogP contribution is -2.68. The van der Waals surface area contributed by atoms with Gasteiger partial charge in [0, 0.05) is 23.9 Å². The Kier molecular flexibility index (Phi) is 5.09. The van der Waals surface area contributed by atoms with Crippen molar-refractivity contribution in [1.29, 1.82) is 0 Å². The Bertz CT molecular complexity index is 1150. The van der Waals surface area contributed by atoms with Crippen LogP contribution in [0.2, 0.25) is 0 Å². The second-order valence-electron chi connectivity index (χ2n) is 12.0. The van der Waals surface area contributed by atoms with Gasteiger partial charge in [-0.1, -0.05) is 31.2 Å². The van der Waals surface area contributed by atoms with Gasteiger partial charge in [-0.2, -0.15) is 0 Å². The van der Waals surface area contributed by atoms with E-state index in [0.717, 1.165) is 24.1 Å². The number of fused-ring (bicyclic) bond motifs is 1. The molecule has 35 heavy (non-hydrogen) atoms. The topological polar surface area (TPSA) is 65.8 Å². The average Bonchev–Trinajstić information content (AvgIpc) is 3.34. The summed E-state index contributed by atoms with van der Waals surface area (Å²) >= 11 is 0. The van der Waals surface area contributed by atoms with E-state index in [9.17, 15) is 10.2 Å². The van der Waals surface area contributed by atoms with Crippen LogP contribution in [0.4, 0.5) is 4.39 Å². The smallest absolute Gasteiger partial charge is 0.158 e. The van der Waals surface area contributed by atoms with Crippen LogP contribution in [0.3, 0.4) is 0 Å². The molecule has 5 aliphatic rings. The SMILES string of the molecule is Cc1ncccc1/C=C/C1=CCC2[C@@]34CC[C@]5(C[C@H](N(C)C)[C@@H](O)[C@H](O)C5=CC3(F)CC[C@]12C)O4. The minimum atomic E-state index is -1.63. The highest BCUT2D eigenvalue weighted by molar-refractivity contribution is 5.57. The van der Waals surface area contributed by atoms with Gasteiger partial charge in [-0.05, 0) is 93.8 Å². The Morgan fingerprint density at radius 2 is 1.97 bits per heavy atom. The van der Waals surface area contributed by atoms with E-state index in [4.69, 9.17) is 4.74 Å². The van der Waals surface area contributed by atoms with Crippen LogP contribution in [0.5, 0.6) is 0 Å². The van der Waals surface area contributed by atoms with Crippen molar-refractivity contribution in [2.45, 2.75) is 87.5 Å². The first kappa shape index (κ1) is 23.5. The number of aryl methyl sites for hydroxylation is 1. The quantitative estimate of drug-likeness (QED) is 0.637. The molecular weight excluding hydrogens is 443 g/mol. The predicted octanol–water partition coefficient (Wildman–Crippen LogP) is 4.14. The first-order valence-electron chi connectivity index (χ1n) is 13.0. The average molecular weight is 481 g/mol. The van der Waals surface area contributed by atoms with E-state index < -0.39 is 29.1 Å². The fourth-order valence-corrected chi connectivity index (χ4v) is 8.13. The lowest BCUT2D eigenvalue weighted by Gasteiger charge is -2.60. The number of likely N-dealkylation sites (N-methyl/N-ethyl adjacent to an activating group) is 1. The molecule has 0 aromatic carbocycles. The number of nitrogens with zero attached hydrogens (tertiary/aromatic N) is 2. The number of alkyl halides is 1. The van der Waals surface area contributed by atoms with Crippen LogP contribution in [-0.2, 0) is 4.74 Å². The van der Waals surface area contributed by atoms with Gasteiger partial charge in [0.05, 0.1) is 11.7 Å². The summed E-state index contributed by atoms with van der Waals surface area (Å²) in [6, 6.07) is 3.79. The van der Waals surface area contributed by atoms with Crippen molar-refractivity contribution in [3.05, 3.63) is 59.0 Å². The number of aliphatic hydroxyl groups excluding tert-OH is 2. The predicted molar refractivity (Wildman–Crippen MR) is 133 cm³/mol. The summed E-state index contributed by atoms with van der Waals surface area (Å²) in [6.07, 6.45) is 11.8. The summed E-state index contributed by atoms with van der Waals surface area (Å²) in [5.74, 6) is 0.0300. The second-order valence-corrected chi connectivity index (χ2v) is 12.0. The number of allylic oxidation sites excluding steroid dienone is 3. The number of hydrogen-bond donors (Lipinski definition) is 2. The first-order chi connectivity index (χ1) is 16.6. The summed E-state index contributed by atoms with van der Waals surface area (Å²) in [5.41, 5.74) is 0.504. The number of pyridine rings is 1. The number of rotatable bonds is 3. The molecule has 0 amide bonds. The van der Waals surface area contributed by atoms with Crippen molar-refractivity contribution < 1.29 is 19.3 Å². The molecule has 6 heteroatoms. The Labute approximate surface area is 207 Å². The molecule has 2 saturated carbocycles. The molecular formula is C29H37FN2O3. The molecule has 188 valence electrons. The molecule has 8 atom stereocenters. The molecule has 2 aliphatic heterocycles. The van der Waals surface area contributed by atoms with E-state index in [-0.39, 0.29) is 17.4 Å². The Hall–Kier alpha value is -1.86. The number of aliphatic hydroxyl groups is 2. The summed E-state index contributed by atoms with van der Waals surface area (Å²) < 4.78 is 24.0. The maximum absolute atomic E-state index is 17.0. The van der Waals surface area contributed by atoms with Crippen molar-refractivity contribution in [3.8, 4) is 0 Å². The molecule has 5 nitrogen and oxygen atoms in total. The molecule has 6 rings (SSSR count). The van der Waals surface area contributed by atoms with Gasteiger partial charge in [0.25, 0.3) is 0 Å². The monoisotopic (exact) mass is 480 g/mol. The molecule has 2 unspecified atom stereocenters. The van der Waals surface area contributed by atoms with E-state index in [1.54, 1.807) is 12.3 Å². The Morgan fingerprint density at radius 3 is 2.71 bits per heavy atom. The lowest BCUT2D eigenvalue weighted by molar-refractivity contribution is -0.241. The number of hydrogen-bond acceptors (Lipinski definition) is 5. The van der Waals surface area contributed by atoms with Crippen LogP contribution in [-0.4, -0.2) is 69.3 Å². The van der Waals surface area contributed by atoms with Crippen LogP contribution in [0, 0.1) is 18.3 Å². The molecule has 3 aliphatic carbocycles. The van der Waals surface area contributed by atoms with Crippen LogP contribution < -0.4 is 0 Å². The highest BCUT2D eigenvalue weighted by atomic mass is 19.1. The Balaban J connectivity index is 1.37. The second kappa shape index (κ2) is 7.58. The zero-order valence-corrected chi connectivity index (χ0v) is 21.2. The van der Waals surface area contributed by atoms with Crippen molar-refractivity contribution in [1.82, 2.24) is 9.88 Å². The third-order valence-electron chi connectivity index (χ3n) is 10.2. The van der Waals surface area contributed by atoms with Crippen LogP contribution in [0.15, 0.2) is 47.7 Å². The summed E-state index contributed by atoms with van der Waals surface area (Å²) in [6.45, 7) is 4.29. The van der Waals surface area contributed by atoms with Crippen molar-refractivity contribution >= 4 is 6.08 Å². The third kappa shape index (κ3) is 3.03. The molecule has 2 bridgehead atoms. The maximum Gasteiger partial charge on any atom is 0.158 e. The highest BCUT2D eigenvalue weighted by Gasteiger charge is 2.74. The van der Waals surface area contributed by atoms with Crippen LogP contribution >= 0.6 is 0 Å². The van der Waals surface area contributed by atoms with E-state index >= 15 is 4.39 Å². The minimum Gasteiger partial charge on any atom is -0.388 e. The zero-order valence-electron chi connectivity index (χ0n) is 21.2. The summed E-state index contributed by atoms with van der Waals surface area (Å²) in [5, 5.41) is 21.9. The molecule has 3 fully saturated rings. The maximum atomic E-state index is 17.0. The third-order valence-corrected chi connectivity index (χ3v) is 10.2. The fourth-order valence-electron chi connectivity index (χ4n) is 8.13. The van der Waals surface area contributed by atoms with Gasteiger partial charge in [0.2, 0.25) is 0 Å². The number of halogens is 1. The van der Waals surface area contributed by atoms with E-state index in [2.05, 4.69) is 36.2 Å². The molecule has 1 aromatic heterocycles. The van der Waals surface area contributed by atoms with Gasteiger partial charge >= 0.3 is 0 Å². The van der Waals surface area contributed by atoms with Crippen molar-refractivity contribution in [3.63, 3.8) is 0 Å². The molecule has 0 radical (unpaired) electrons. The van der Waals surface area contributed by atoms with Crippen LogP contribution in [0.25, 0.3) is 6.08 Å². The van der Waals surface area contributed by atoms with Gasteiger partial charge in [0.15, 0.2) is 5.67 Å². The molecule has 2 spiro atoms.